The Kier molecular flexibility index (Phi) is 6.06. The van der Waals surface area contributed by atoms with Crippen molar-refractivity contribution < 1.29 is 20.9 Å². The second-order valence-electron chi connectivity index (χ2n) is 5.78. The van der Waals surface area contributed by atoms with Crippen LogP contribution in [0.4, 0.5) is 11.4 Å². The number of benzene rings is 3. The Balaban J connectivity index is 2.04. The molecular formula is C18H16Br2N2O4. The molecule has 0 aromatic heterocycles. The first-order chi connectivity index (χ1) is 12.4. The molecule has 0 radical (unpaired) electrons. The van der Waals surface area contributed by atoms with Crippen LogP contribution < -0.4 is 10.5 Å². The quantitative estimate of drug-likeness (QED) is 0.331. The average molecular weight is 484 g/mol. The zero-order valence-corrected chi connectivity index (χ0v) is 16.6. The van der Waals surface area contributed by atoms with Gasteiger partial charge in [0.05, 0.1) is 15.7 Å². The molecule has 0 aliphatic rings. The summed E-state index contributed by atoms with van der Waals surface area (Å²) >= 11 is 7.28. The SMILES string of the molecule is [O-][NH+](O)c1ccc(C(Br)C(Br)c2cccc3ccccc23)c([NH+]([O-])O)c1. The van der Waals surface area contributed by atoms with E-state index in [0.717, 1.165) is 16.3 Å². The molecule has 4 unspecified atom stereocenters. The Labute approximate surface area is 166 Å². The van der Waals surface area contributed by atoms with E-state index < -0.39 is 10.5 Å². The Hall–Kier alpha value is -1.36. The second-order valence-corrected chi connectivity index (χ2v) is 7.76. The largest absolute Gasteiger partial charge is 0.595 e. The van der Waals surface area contributed by atoms with Crippen molar-refractivity contribution in [3.8, 4) is 0 Å². The first-order valence-electron chi connectivity index (χ1n) is 7.76. The lowest BCUT2D eigenvalue weighted by atomic mass is 9.97. The molecule has 0 fully saturated rings. The lowest BCUT2D eigenvalue weighted by Gasteiger charge is -2.24. The van der Waals surface area contributed by atoms with Gasteiger partial charge in [0, 0.05) is 11.6 Å². The summed E-state index contributed by atoms with van der Waals surface area (Å²) in [4.78, 5) is -0.565. The van der Waals surface area contributed by atoms with Crippen LogP contribution in [0.1, 0.15) is 20.8 Å². The van der Waals surface area contributed by atoms with Gasteiger partial charge in [0.1, 0.15) is 0 Å². The number of alkyl halides is 2. The van der Waals surface area contributed by atoms with E-state index >= 15 is 0 Å². The van der Waals surface area contributed by atoms with Crippen LogP contribution in [0.5, 0.6) is 0 Å². The van der Waals surface area contributed by atoms with Crippen molar-refractivity contribution >= 4 is 54.0 Å². The van der Waals surface area contributed by atoms with Gasteiger partial charge in [-0.1, -0.05) is 74.3 Å². The average Bonchev–Trinajstić information content (AvgIpc) is 2.65. The maximum absolute atomic E-state index is 11.6. The minimum Gasteiger partial charge on any atom is -0.595 e. The second kappa shape index (κ2) is 8.12. The number of halogens is 2. The molecule has 3 aromatic rings. The molecule has 0 bridgehead atoms. The molecule has 26 heavy (non-hydrogen) atoms. The van der Waals surface area contributed by atoms with E-state index in [0.29, 0.717) is 5.56 Å². The van der Waals surface area contributed by atoms with E-state index in [4.69, 9.17) is 5.21 Å². The highest BCUT2D eigenvalue weighted by molar-refractivity contribution is 9.12. The summed E-state index contributed by atoms with van der Waals surface area (Å²) in [5.41, 5.74) is 1.44. The van der Waals surface area contributed by atoms with Gasteiger partial charge in [0.2, 0.25) is 0 Å². The van der Waals surface area contributed by atoms with Crippen molar-refractivity contribution in [1.82, 2.24) is 0 Å². The van der Waals surface area contributed by atoms with Crippen molar-refractivity contribution in [2.75, 3.05) is 0 Å². The maximum atomic E-state index is 11.6. The fourth-order valence-electron chi connectivity index (χ4n) is 2.92. The van der Waals surface area contributed by atoms with Gasteiger partial charge in [0.25, 0.3) is 0 Å². The van der Waals surface area contributed by atoms with Crippen molar-refractivity contribution in [2.24, 2.45) is 0 Å². The molecule has 3 aromatic carbocycles. The van der Waals surface area contributed by atoms with Gasteiger partial charge in [-0.2, -0.15) is 10.5 Å². The first kappa shape index (κ1) is 19.4. The van der Waals surface area contributed by atoms with Gasteiger partial charge < -0.3 is 10.4 Å². The summed E-state index contributed by atoms with van der Waals surface area (Å²) in [7, 11) is 0. The number of quaternary nitrogens is 2. The first-order valence-corrected chi connectivity index (χ1v) is 9.59. The van der Waals surface area contributed by atoms with Crippen LogP contribution in [0.3, 0.4) is 0 Å². The van der Waals surface area contributed by atoms with Crippen LogP contribution >= 0.6 is 31.9 Å². The zero-order valence-electron chi connectivity index (χ0n) is 13.4. The molecule has 8 heteroatoms. The van der Waals surface area contributed by atoms with E-state index in [1.165, 1.54) is 12.1 Å². The molecule has 0 saturated heterocycles. The van der Waals surface area contributed by atoms with Crippen molar-refractivity contribution in [3.05, 3.63) is 82.2 Å². The summed E-state index contributed by atoms with van der Waals surface area (Å²) in [5.74, 6) is 0. The molecule has 0 aliphatic carbocycles. The summed E-state index contributed by atoms with van der Waals surface area (Å²) < 4.78 is 0. The predicted octanol–water partition coefficient (Wildman–Crippen LogP) is 3.22. The minimum absolute atomic E-state index is 0.0311. The van der Waals surface area contributed by atoms with Gasteiger partial charge >= 0.3 is 0 Å². The van der Waals surface area contributed by atoms with Crippen molar-refractivity contribution in [2.45, 2.75) is 9.65 Å². The number of nitrogens with one attached hydrogen (secondary N) is 2. The monoisotopic (exact) mass is 482 g/mol. The van der Waals surface area contributed by atoms with Crippen molar-refractivity contribution in [1.29, 1.82) is 0 Å². The number of hydrogen-bond acceptors (Lipinski definition) is 4. The fourth-order valence-corrected chi connectivity index (χ4v) is 4.29. The van der Waals surface area contributed by atoms with E-state index in [9.17, 15) is 15.6 Å². The van der Waals surface area contributed by atoms with Gasteiger partial charge in [0.15, 0.2) is 11.4 Å². The zero-order chi connectivity index (χ0) is 18.8. The minimum atomic E-state index is -1.16. The van der Waals surface area contributed by atoms with Crippen LogP contribution in [0.25, 0.3) is 10.8 Å². The van der Waals surface area contributed by atoms with E-state index in [1.54, 1.807) is 6.07 Å². The van der Waals surface area contributed by atoms with E-state index in [-0.39, 0.29) is 21.0 Å². The normalized spacial score (nSPS) is 16.2. The van der Waals surface area contributed by atoms with E-state index in [2.05, 4.69) is 31.9 Å². The Morgan fingerprint density at radius 2 is 1.42 bits per heavy atom. The molecule has 0 saturated carbocycles. The molecule has 136 valence electrons. The Morgan fingerprint density at radius 3 is 2.12 bits per heavy atom. The highest BCUT2D eigenvalue weighted by atomic mass is 79.9. The Bertz CT molecular complexity index is 915. The molecule has 0 amide bonds. The molecule has 3 rings (SSSR count). The van der Waals surface area contributed by atoms with Crippen LogP contribution in [0.2, 0.25) is 0 Å². The van der Waals surface area contributed by atoms with Gasteiger partial charge in [-0.15, -0.1) is 0 Å². The smallest absolute Gasteiger partial charge is 0.174 e. The van der Waals surface area contributed by atoms with Crippen LogP contribution in [-0.2, 0) is 0 Å². The summed E-state index contributed by atoms with van der Waals surface area (Å²) in [5, 5.41) is 41.3. The summed E-state index contributed by atoms with van der Waals surface area (Å²) in [6.07, 6.45) is 0. The van der Waals surface area contributed by atoms with Crippen LogP contribution in [0.15, 0.2) is 60.7 Å². The standard InChI is InChI=1S/C18H16Br2N2O4/c19-17(14-7-3-5-11-4-1-2-6-13(11)14)18(20)15-9-8-12(21(23)24)10-16(15)22(25)26/h1-10,17-18,21-23,25H. The Morgan fingerprint density at radius 1 is 0.769 bits per heavy atom. The molecular weight excluding hydrogens is 468 g/mol. The highest BCUT2D eigenvalue weighted by Gasteiger charge is 2.27. The lowest BCUT2D eigenvalue weighted by Crippen LogP contribution is -3.01. The van der Waals surface area contributed by atoms with Crippen LogP contribution in [-0.4, -0.2) is 10.4 Å². The maximum Gasteiger partial charge on any atom is 0.174 e. The lowest BCUT2D eigenvalue weighted by molar-refractivity contribution is -0.996. The number of rotatable bonds is 5. The third-order valence-corrected chi connectivity index (χ3v) is 6.96. The van der Waals surface area contributed by atoms with Gasteiger partial charge in [-0.25, -0.2) is 10.4 Å². The van der Waals surface area contributed by atoms with Gasteiger partial charge in [-0.3, -0.25) is 0 Å². The molecule has 4 N–H and O–H groups in total. The molecule has 0 heterocycles. The van der Waals surface area contributed by atoms with Gasteiger partial charge in [-0.05, 0) is 22.4 Å². The fraction of sp³-hybridized carbons (Fsp3) is 0.111. The molecule has 0 spiro atoms. The third-order valence-electron chi connectivity index (χ3n) is 4.21. The van der Waals surface area contributed by atoms with E-state index in [1.807, 2.05) is 42.5 Å². The van der Waals surface area contributed by atoms with Crippen molar-refractivity contribution in [3.63, 3.8) is 0 Å². The number of hydrogen-bond donors (Lipinski definition) is 4. The number of fused-ring (bicyclic) bond motifs is 1. The molecule has 0 aliphatic heterocycles. The topological polar surface area (TPSA) is 95.5 Å². The summed E-state index contributed by atoms with van der Waals surface area (Å²) in [6, 6.07) is 18.1. The predicted molar refractivity (Wildman–Crippen MR) is 105 cm³/mol. The third kappa shape index (κ3) is 3.83. The highest BCUT2D eigenvalue weighted by Crippen LogP contribution is 2.46. The molecule has 4 atom stereocenters. The van der Waals surface area contributed by atoms with Crippen LogP contribution in [0, 0.1) is 10.4 Å². The molecule has 6 nitrogen and oxygen atoms in total. The summed E-state index contributed by atoms with van der Waals surface area (Å²) in [6.45, 7) is 0.